The van der Waals surface area contributed by atoms with Gasteiger partial charge in [0.1, 0.15) is 0 Å². The summed E-state index contributed by atoms with van der Waals surface area (Å²) in [5.74, 6) is -0.787. The van der Waals surface area contributed by atoms with Crippen molar-refractivity contribution in [1.82, 2.24) is 10.3 Å². The highest BCUT2D eigenvalue weighted by molar-refractivity contribution is 5.92. The van der Waals surface area contributed by atoms with Crippen molar-refractivity contribution in [2.45, 2.75) is 37.1 Å². The van der Waals surface area contributed by atoms with Crippen LogP contribution in [-0.2, 0) is 22.0 Å². The molecule has 3 nitrogen and oxygen atoms in total. The van der Waals surface area contributed by atoms with Gasteiger partial charge in [0.2, 0.25) is 0 Å². The third-order valence-electron chi connectivity index (χ3n) is 12.1. The lowest BCUT2D eigenvalue weighted by Gasteiger charge is -2.52. The standard InChI is InChI=1S/C54H49N2O/c1-3-55-50(38-41-39-56-49-37-23-22-36-48(41)49)52(57)51(54(45-30-16-7-17-31-45,46-32-18-8-19-33-46)47-34-20-9-21-35-47)40(2)53(42-24-10-4-11-25-42,43-26-12-5-13-27-43)44-28-14-6-15-29-44/h3-37,39-40,50-51,55-56H,38H2,1-2H3/t40-,50-,51?/m0/s1. The molecule has 1 radical (unpaired) electrons. The molecule has 281 valence electrons. The number of rotatable bonds is 15. The number of Topliss-reactive ketones (excluding diaryl/α,β-unsaturated/α-hetero) is 1. The van der Waals surface area contributed by atoms with Crippen molar-refractivity contribution in [3.05, 3.63) is 258 Å². The third-order valence-corrected chi connectivity index (χ3v) is 12.1. The fourth-order valence-electron chi connectivity index (χ4n) is 9.80. The van der Waals surface area contributed by atoms with Crippen LogP contribution in [0.4, 0.5) is 0 Å². The van der Waals surface area contributed by atoms with E-state index in [-0.39, 0.29) is 11.7 Å². The van der Waals surface area contributed by atoms with Gasteiger partial charge in [-0.2, -0.15) is 0 Å². The molecule has 57 heavy (non-hydrogen) atoms. The first-order valence-corrected chi connectivity index (χ1v) is 20.1. The average molecular weight is 742 g/mol. The number of H-pyrrole nitrogens is 1. The molecule has 0 aliphatic rings. The number of carbonyl (C=O) groups excluding carboxylic acids is 1. The summed E-state index contributed by atoms with van der Waals surface area (Å²) in [7, 11) is 0. The molecular formula is C54H49N2O. The topological polar surface area (TPSA) is 44.9 Å². The summed E-state index contributed by atoms with van der Waals surface area (Å²) in [6.07, 6.45) is 2.58. The summed E-state index contributed by atoms with van der Waals surface area (Å²) < 4.78 is 0. The molecule has 0 amide bonds. The normalized spacial score (nSPS) is 13.5. The number of aromatic nitrogens is 1. The summed E-state index contributed by atoms with van der Waals surface area (Å²) in [5.41, 5.74) is 7.12. The van der Waals surface area contributed by atoms with E-state index in [1.54, 1.807) is 0 Å². The van der Waals surface area contributed by atoms with Gasteiger partial charge in [-0.1, -0.05) is 207 Å². The van der Waals surface area contributed by atoms with Crippen LogP contribution in [0.15, 0.2) is 212 Å². The van der Waals surface area contributed by atoms with Gasteiger partial charge in [-0.05, 0) is 64.3 Å². The third kappa shape index (κ3) is 6.83. The Bertz CT molecular complexity index is 2290. The van der Waals surface area contributed by atoms with Crippen molar-refractivity contribution < 1.29 is 4.79 Å². The number of ketones is 1. The van der Waals surface area contributed by atoms with E-state index in [1.165, 1.54) is 0 Å². The van der Waals surface area contributed by atoms with Gasteiger partial charge in [0.15, 0.2) is 5.78 Å². The van der Waals surface area contributed by atoms with E-state index in [2.05, 4.69) is 224 Å². The molecule has 8 rings (SSSR count). The second kappa shape index (κ2) is 16.8. The fourth-order valence-corrected chi connectivity index (χ4v) is 9.80. The maximum absolute atomic E-state index is 16.8. The summed E-state index contributed by atoms with van der Waals surface area (Å²) in [5, 5.41) is 4.76. The molecular weight excluding hydrogens is 693 g/mol. The number of fused-ring (bicyclic) bond motifs is 1. The first kappa shape index (κ1) is 37.6. The maximum Gasteiger partial charge on any atom is 0.155 e. The number of benzene rings is 7. The number of para-hydroxylation sites is 1. The number of hydrogen-bond acceptors (Lipinski definition) is 2. The van der Waals surface area contributed by atoms with Crippen molar-refractivity contribution in [3.63, 3.8) is 0 Å². The van der Waals surface area contributed by atoms with Crippen molar-refractivity contribution >= 4 is 16.7 Å². The maximum atomic E-state index is 16.8. The Kier molecular flexibility index (Phi) is 11.1. The van der Waals surface area contributed by atoms with Gasteiger partial charge in [-0.15, -0.1) is 0 Å². The zero-order valence-corrected chi connectivity index (χ0v) is 32.6. The lowest BCUT2D eigenvalue weighted by molar-refractivity contribution is -0.128. The van der Waals surface area contributed by atoms with E-state index < -0.39 is 22.8 Å². The highest BCUT2D eigenvalue weighted by Crippen LogP contribution is 2.56. The molecule has 0 aliphatic heterocycles. The molecule has 0 aliphatic carbocycles. The molecule has 0 saturated heterocycles. The summed E-state index contributed by atoms with van der Waals surface area (Å²) in [6.45, 7) is 6.25. The predicted molar refractivity (Wildman–Crippen MR) is 235 cm³/mol. The van der Waals surface area contributed by atoms with Crippen LogP contribution in [-0.4, -0.2) is 16.8 Å². The molecule has 1 unspecified atom stereocenters. The minimum atomic E-state index is -0.919. The molecule has 0 spiro atoms. The monoisotopic (exact) mass is 741 g/mol. The van der Waals surface area contributed by atoms with E-state index in [0.717, 1.165) is 49.8 Å². The van der Waals surface area contributed by atoms with Crippen molar-refractivity contribution in [3.8, 4) is 0 Å². The van der Waals surface area contributed by atoms with Gasteiger partial charge >= 0.3 is 0 Å². The molecule has 2 N–H and O–H groups in total. The molecule has 3 heteroatoms. The summed E-state index contributed by atoms with van der Waals surface area (Å²) >= 11 is 0. The second-order valence-corrected chi connectivity index (χ2v) is 15.1. The van der Waals surface area contributed by atoms with E-state index in [9.17, 15) is 0 Å². The van der Waals surface area contributed by atoms with Crippen LogP contribution in [0.1, 0.15) is 52.8 Å². The second-order valence-electron chi connectivity index (χ2n) is 15.1. The van der Waals surface area contributed by atoms with E-state index in [0.29, 0.717) is 6.42 Å². The van der Waals surface area contributed by atoms with Crippen molar-refractivity contribution in [1.29, 1.82) is 0 Å². The smallest absolute Gasteiger partial charge is 0.155 e. The van der Waals surface area contributed by atoms with Crippen LogP contribution in [0.25, 0.3) is 10.9 Å². The molecule has 1 aromatic heterocycles. The molecule has 1 heterocycles. The van der Waals surface area contributed by atoms with E-state index in [4.69, 9.17) is 0 Å². The Hall–Kier alpha value is -6.29. The van der Waals surface area contributed by atoms with Gasteiger partial charge in [0.25, 0.3) is 0 Å². The van der Waals surface area contributed by atoms with Crippen molar-refractivity contribution in [2.24, 2.45) is 11.8 Å². The lowest BCUT2D eigenvalue weighted by atomic mass is 9.49. The predicted octanol–water partition coefficient (Wildman–Crippen LogP) is 11.7. The highest BCUT2D eigenvalue weighted by Gasteiger charge is 2.57. The number of hydrogen-bond donors (Lipinski definition) is 2. The first-order chi connectivity index (χ1) is 28.1. The minimum absolute atomic E-state index is 0.148. The van der Waals surface area contributed by atoms with Crippen LogP contribution < -0.4 is 5.32 Å². The van der Waals surface area contributed by atoms with Gasteiger partial charge in [0.05, 0.1) is 11.5 Å². The van der Waals surface area contributed by atoms with Gasteiger partial charge in [0, 0.05) is 35.0 Å². The SMILES string of the molecule is C[CH]N[C@@H](Cc1c[nH]c2ccccc12)C(=O)C([C@H](C)C(c1ccccc1)(c1ccccc1)c1ccccc1)C(c1ccccc1)(c1ccccc1)c1ccccc1. The average Bonchev–Trinajstić information content (AvgIpc) is 3.70. The first-order valence-electron chi connectivity index (χ1n) is 20.1. The molecule has 7 aromatic carbocycles. The Morgan fingerprint density at radius 1 is 0.526 bits per heavy atom. The fraction of sp³-hybridized carbons (Fsp3) is 0.148. The largest absolute Gasteiger partial charge is 0.361 e. The molecule has 3 atom stereocenters. The zero-order valence-electron chi connectivity index (χ0n) is 32.6. The quantitative estimate of drug-likeness (QED) is 0.103. The van der Waals surface area contributed by atoms with Crippen LogP contribution in [0.3, 0.4) is 0 Å². The van der Waals surface area contributed by atoms with Crippen molar-refractivity contribution in [2.75, 3.05) is 0 Å². The highest BCUT2D eigenvalue weighted by atomic mass is 16.1. The Morgan fingerprint density at radius 2 is 0.877 bits per heavy atom. The number of carbonyl (C=O) groups is 1. The minimum Gasteiger partial charge on any atom is -0.361 e. The summed E-state index contributed by atoms with van der Waals surface area (Å²) in [4.78, 5) is 20.2. The molecule has 0 saturated carbocycles. The Morgan fingerprint density at radius 3 is 1.26 bits per heavy atom. The molecule has 0 fully saturated rings. The van der Waals surface area contributed by atoms with Crippen LogP contribution in [0, 0.1) is 18.4 Å². The van der Waals surface area contributed by atoms with Gasteiger partial charge in [-0.3, -0.25) is 4.79 Å². The molecule has 8 aromatic rings. The lowest BCUT2D eigenvalue weighted by Crippen LogP contribution is -2.56. The van der Waals surface area contributed by atoms with E-state index in [1.807, 2.05) is 19.5 Å². The van der Waals surface area contributed by atoms with Crippen LogP contribution in [0.5, 0.6) is 0 Å². The van der Waals surface area contributed by atoms with Gasteiger partial charge < -0.3 is 10.3 Å². The Labute approximate surface area is 337 Å². The zero-order chi connectivity index (χ0) is 39.1. The van der Waals surface area contributed by atoms with E-state index >= 15 is 4.79 Å². The number of nitrogens with one attached hydrogen (secondary N) is 2. The van der Waals surface area contributed by atoms with Gasteiger partial charge in [-0.25, -0.2) is 0 Å². The van der Waals surface area contributed by atoms with Crippen LogP contribution >= 0.6 is 0 Å². The van der Waals surface area contributed by atoms with Crippen LogP contribution in [0.2, 0.25) is 0 Å². The number of aromatic amines is 1. The Balaban J connectivity index is 1.50. The molecule has 0 bridgehead atoms. The summed E-state index contributed by atoms with van der Waals surface area (Å²) in [6, 6.07) is 72.5.